The minimum Gasteiger partial charge on any atom is -0.397 e. The zero-order valence-electron chi connectivity index (χ0n) is 11.0. The number of aromatic nitrogens is 1. The molecule has 0 aliphatic heterocycles. The second-order valence-electron chi connectivity index (χ2n) is 4.54. The molecule has 5 heteroatoms. The lowest BCUT2D eigenvalue weighted by Crippen LogP contribution is -2.16. The zero-order valence-corrected chi connectivity index (χ0v) is 11.0. The third kappa shape index (κ3) is 2.41. The first-order chi connectivity index (χ1) is 10.2. The molecule has 0 saturated heterocycles. The van der Waals surface area contributed by atoms with Crippen molar-refractivity contribution in [2.24, 2.45) is 0 Å². The van der Waals surface area contributed by atoms with E-state index in [-0.39, 0.29) is 17.1 Å². The van der Waals surface area contributed by atoms with E-state index in [2.05, 4.69) is 10.3 Å². The number of para-hydroxylation sites is 1. The highest BCUT2D eigenvalue weighted by Crippen LogP contribution is 2.23. The number of carbonyl (C=O) groups is 1. The summed E-state index contributed by atoms with van der Waals surface area (Å²) in [7, 11) is 0. The predicted molar refractivity (Wildman–Crippen MR) is 80.5 cm³/mol. The van der Waals surface area contributed by atoms with E-state index < -0.39 is 11.7 Å². The Morgan fingerprint density at radius 2 is 1.90 bits per heavy atom. The predicted octanol–water partition coefficient (Wildman–Crippen LogP) is 3.21. The first-order valence-electron chi connectivity index (χ1n) is 6.36. The van der Waals surface area contributed by atoms with Crippen molar-refractivity contribution >= 4 is 28.1 Å². The maximum Gasteiger partial charge on any atom is 0.275 e. The fourth-order valence-corrected chi connectivity index (χ4v) is 2.15. The third-order valence-electron chi connectivity index (χ3n) is 3.17. The summed E-state index contributed by atoms with van der Waals surface area (Å²) >= 11 is 0. The Labute approximate surface area is 120 Å². The molecule has 0 spiro atoms. The van der Waals surface area contributed by atoms with Gasteiger partial charge in [0, 0.05) is 11.6 Å². The molecule has 1 amide bonds. The van der Waals surface area contributed by atoms with Crippen molar-refractivity contribution in [3.8, 4) is 0 Å². The molecule has 1 aromatic heterocycles. The summed E-state index contributed by atoms with van der Waals surface area (Å²) in [5.41, 5.74) is 6.06. The van der Waals surface area contributed by atoms with Gasteiger partial charge in [-0.2, -0.15) is 0 Å². The summed E-state index contributed by atoms with van der Waals surface area (Å²) in [6.07, 6.45) is 1.54. The molecule has 3 N–H and O–H groups in total. The van der Waals surface area contributed by atoms with Gasteiger partial charge in [0.25, 0.3) is 5.91 Å². The van der Waals surface area contributed by atoms with Crippen molar-refractivity contribution in [3.05, 3.63) is 66.2 Å². The minimum atomic E-state index is -0.580. The normalized spacial score (nSPS) is 10.5. The van der Waals surface area contributed by atoms with Gasteiger partial charge in [-0.1, -0.05) is 30.3 Å². The number of halogens is 1. The Bertz CT molecular complexity index is 807. The van der Waals surface area contributed by atoms with Crippen molar-refractivity contribution in [3.63, 3.8) is 0 Å². The molecule has 104 valence electrons. The van der Waals surface area contributed by atoms with Gasteiger partial charge in [-0.15, -0.1) is 0 Å². The lowest BCUT2D eigenvalue weighted by Gasteiger charge is -2.10. The summed E-state index contributed by atoms with van der Waals surface area (Å²) in [4.78, 5) is 16.4. The molecule has 0 saturated carbocycles. The Kier molecular flexibility index (Phi) is 3.23. The summed E-state index contributed by atoms with van der Waals surface area (Å²) in [6, 6.07) is 13.4. The summed E-state index contributed by atoms with van der Waals surface area (Å²) in [5.74, 6) is -1.08. The number of hydrogen-bond acceptors (Lipinski definition) is 3. The highest BCUT2D eigenvalue weighted by molar-refractivity contribution is 6.12. The number of benzene rings is 2. The molecule has 0 aliphatic rings. The molecule has 0 unspecified atom stereocenters. The fourth-order valence-electron chi connectivity index (χ4n) is 2.15. The van der Waals surface area contributed by atoms with Crippen LogP contribution in [0.2, 0.25) is 0 Å². The van der Waals surface area contributed by atoms with E-state index in [1.54, 1.807) is 12.3 Å². The molecular weight excluding hydrogens is 269 g/mol. The van der Waals surface area contributed by atoms with Crippen molar-refractivity contribution in [1.82, 2.24) is 4.98 Å². The number of nitrogens with two attached hydrogens (primary N) is 1. The van der Waals surface area contributed by atoms with Crippen molar-refractivity contribution in [1.29, 1.82) is 0 Å². The van der Waals surface area contributed by atoms with Crippen LogP contribution in [0.15, 0.2) is 54.7 Å². The number of fused-ring (bicyclic) bond motifs is 1. The quantitative estimate of drug-likeness (QED) is 0.709. The van der Waals surface area contributed by atoms with Gasteiger partial charge in [0.15, 0.2) is 0 Å². The van der Waals surface area contributed by atoms with Gasteiger partial charge in [-0.05, 0) is 23.6 Å². The highest BCUT2D eigenvalue weighted by atomic mass is 19.1. The molecule has 0 aliphatic carbocycles. The Hall–Kier alpha value is -2.95. The Balaban J connectivity index is 2.02. The number of pyridine rings is 1. The standard InChI is InChI=1S/C16H12FN3O/c17-12-6-3-7-13(18)15(12)20-16(21)14-11-5-2-1-4-10(11)8-9-19-14/h1-9H,18H2,(H,20,21). The lowest BCUT2D eigenvalue weighted by atomic mass is 10.1. The Morgan fingerprint density at radius 1 is 1.10 bits per heavy atom. The molecule has 0 bridgehead atoms. The summed E-state index contributed by atoms with van der Waals surface area (Å²) in [5, 5.41) is 4.07. The molecule has 3 aromatic rings. The number of hydrogen-bond donors (Lipinski definition) is 2. The number of nitrogens with one attached hydrogen (secondary N) is 1. The first kappa shape index (κ1) is 13.1. The van der Waals surface area contributed by atoms with Crippen LogP contribution in [0.1, 0.15) is 10.5 Å². The molecule has 2 aromatic carbocycles. The van der Waals surface area contributed by atoms with Crippen LogP contribution in [0.25, 0.3) is 10.8 Å². The fraction of sp³-hybridized carbons (Fsp3) is 0. The average Bonchev–Trinajstić information content (AvgIpc) is 2.50. The second kappa shape index (κ2) is 5.20. The van der Waals surface area contributed by atoms with Crippen molar-refractivity contribution < 1.29 is 9.18 Å². The smallest absolute Gasteiger partial charge is 0.275 e. The average molecular weight is 281 g/mol. The van der Waals surface area contributed by atoms with E-state index in [1.165, 1.54) is 18.2 Å². The van der Waals surface area contributed by atoms with Crippen LogP contribution in [0.3, 0.4) is 0 Å². The molecule has 21 heavy (non-hydrogen) atoms. The van der Waals surface area contributed by atoms with E-state index in [4.69, 9.17) is 5.73 Å². The number of amides is 1. The molecule has 1 heterocycles. The molecule has 3 rings (SSSR count). The largest absolute Gasteiger partial charge is 0.397 e. The van der Waals surface area contributed by atoms with Crippen molar-refractivity contribution in [2.45, 2.75) is 0 Å². The highest BCUT2D eigenvalue weighted by Gasteiger charge is 2.15. The van der Waals surface area contributed by atoms with Gasteiger partial charge in [0.2, 0.25) is 0 Å². The molecule has 0 atom stereocenters. The maximum absolute atomic E-state index is 13.7. The van der Waals surface area contributed by atoms with Gasteiger partial charge in [-0.3, -0.25) is 9.78 Å². The lowest BCUT2D eigenvalue weighted by molar-refractivity contribution is 0.102. The molecule has 4 nitrogen and oxygen atoms in total. The molecule has 0 radical (unpaired) electrons. The van der Waals surface area contributed by atoms with Gasteiger partial charge in [0.1, 0.15) is 17.2 Å². The molecular formula is C16H12FN3O. The number of carbonyl (C=O) groups excluding carboxylic acids is 1. The van der Waals surface area contributed by atoms with Crippen molar-refractivity contribution in [2.75, 3.05) is 11.1 Å². The number of anilines is 2. The number of nitrogen functional groups attached to an aromatic ring is 1. The van der Waals surface area contributed by atoms with Gasteiger partial charge < -0.3 is 11.1 Å². The van der Waals surface area contributed by atoms with Crippen LogP contribution in [0.5, 0.6) is 0 Å². The SMILES string of the molecule is Nc1cccc(F)c1NC(=O)c1nccc2ccccc12. The van der Waals surface area contributed by atoms with Crippen LogP contribution in [-0.4, -0.2) is 10.9 Å². The van der Waals surface area contributed by atoms with Crippen LogP contribution >= 0.6 is 0 Å². The first-order valence-corrected chi connectivity index (χ1v) is 6.36. The van der Waals surface area contributed by atoms with Crippen LogP contribution in [0, 0.1) is 5.82 Å². The van der Waals surface area contributed by atoms with E-state index in [0.29, 0.717) is 5.39 Å². The van der Waals surface area contributed by atoms with Gasteiger partial charge in [-0.25, -0.2) is 4.39 Å². The number of nitrogens with zero attached hydrogens (tertiary/aromatic N) is 1. The van der Waals surface area contributed by atoms with Crippen LogP contribution in [-0.2, 0) is 0 Å². The Morgan fingerprint density at radius 3 is 2.71 bits per heavy atom. The van der Waals surface area contributed by atoms with Crippen LogP contribution in [0.4, 0.5) is 15.8 Å². The van der Waals surface area contributed by atoms with E-state index in [0.717, 1.165) is 5.39 Å². The maximum atomic E-state index is 13.7. The molecule has 0 fully saturated rings. The summed E-state index contributed by atoms with van der Waals surface area (Å²) < 4.78 is 13.7. The van der Waals surface area contributed by atoms with Gasteiger partial charge >= 0.3 is 0 Å². The topological polar surface area (TPSA) is 68.0 Å². The second-order valence-corrected chi connectivity index (χ2v) is 4.54. The third-order valence-corrected chi connectivity index (χ3v) is 3.17. The van der Waals surface area contributed by atoms with Crippen LogP contribution < -0.4 is 11.1 Å². The van der Waals surface area contributed by atoms with Gasteiger partial charge in [0.05, 0.1) is 5.69 Å². The zero-order chi connectivity index (χ0) is 14.8. The van der Waals surface area contributed by atoms with E-state index in [9.17, 15) is 9.18 Å². The van der Waals surface area contributed by atoms with E-state index >= 15 is 0 Å². The summed E-state index contributed by atoms with van der Waals surface area (Å²) in [6.45, 7) is 0. The number of rotatable bonds is 2. The van der Waals surface area contributed by atoms with E-state index in [1.807, 2.05) is 24.3 Å². The monoisotopic (exact) mass is 281 g/mol. The minimum absolute atomic E-state index is 0.0303.